The Bertz CT molecular complexity index is 644. The van der Waals surface area contributed by atoms with Crippen molar-refractivity contribution in [2.24, 2.45) is 10.9 Å². The van der Waals surface area contributed by atoms with E-state index in [1.165, 1.54) is 0 Å². The van der Waals surface area contributed by atoms with Gasteiger partial charge < -0.3 is 20.3 Å². The highest BCUT2D eigenvalue weighted by molar-refractivity contribution is 5.99. The van der Waals surface area contributed by atoms with Crippen LogP contribution in [0.15, 0.2) is 39.9 Å². The highest BCUT2D eigenvalue weighted by Gasteiger charge is 2.33. The predicted octanol–water partition coefficient (Wildman–Crippen LogP) is 1.78. The molecule has 0 spiro atoms. The number of likely N-dealkylation sites (tertiary alicyclic amines) is 1. The summed E-state index contributed by atoms with van der Waals surface area (Å²) in [6, 6.07) is 8.81. The van der Waals surface area contributed by atoms with E-state index in [0.717, 1.165) is 11.8 Å². The van der Waals surface area contributed by atoms with Gasteiger partial charge >= 0.3 is 0 Å². The minimum Gasteiger partial charge on any atom is -0.451 e. The standard InChI is InChI=1S/C14H15N3O3/c15-13(16-19)10-5-3-7-17(10)14(18)12-8-9-4-1-2-6-11(9)20-12/h1-2,4,6,8,10,19H,3,5,7H2,(H2,15,16). The number of rotatable bonds is 2. The number of amidine groups is 1. The molecule has 2 aromatic rings. The third-order valence-electron chi connectivity index (χ3n) is 3.61. The number of amides is 1. The lowest BCUT2D eigenvalue weighted by Crippen LogP contribution is -2.43. The zero-order chi connectivity index (χ0) is 14.1. The van der Waals surface area contributed by atoms with Crippen molar-refractivity contribution in [1.29, 1.82) is 0 Å². The van der Waals surface area contributed by atoms with Crippen molar-refractivity contribution in [2.45, 2.75) is 18.9 Å². The van der Waals surface area contributed by atoms with Gasteiger partial charge in [-0.05, 0) is 25.0 Å². The largest absolute Gasteiger partial charge is 0.451 e. The van der Waals surface area contributed by atoms with E-state index in [0.29, 0.717) is 18.5 Å². The summed E-state index contributed by atoms with van der Waals surface area (Å²) >= 11 is 0. The van der Waals surface area contributed by atoms with E-state index in [1.54, 1.807) is 11.0 Å². The maximum absolute atomic E-state index is 12.5. The van der Waals surface area contributed by atoms with Crippen LogP contribution in [0.4, 0.5) is 0 Å². The highest BCUT2D eigenvalue weighted by Crippen LogP contribution is 2.24. The Kier molecular flexibility index (Phi) is 3.06. The molecule has 1 aromatic carbocycles. The van der Waals surface area contributed by atoms with Gasteiger partial charge in [0.15, 0.2) is 11.6 Å². The molecule has 1 aliphatic heterocycles. The molecule has 0 radical (unpaired) electrons. The lowest BCUT2D eigenvalue weighted by atomic mass is 10.2. The fourth-order valence-electron chi connectivity index (χ4n) is 2.61. The van der Waals surface area contributed by atoms with E-state index in [9.17, 15) is 4.79 Å². The van der Waals surface area contributed by atoms with Crippen LogP contribution in [-0.4, -0.2) is 34.4 Å². The number of carbonyl (C=O) groups is 1. The first-order chi connectivity index (χ1) is 9.70. The minimum atomic E-state index is -0.360. The topological polar surface area (TPSA) is 92.1 Å². The van der Waals surface area contributed by atoms with E-state index < -0.39 is 0 Å². The summed E-state index contributed by atoms with van der Waals surface area (Å²) in [7, 11) is 0. The summed E-state index contributed by atoms with van der Waals surface area (Å²) in [4.78, 5) is 14.1. The number of nitrogens with zero attached hydrogens (tertiary/aromatic N) is 2. The molecule has 0 saturated carbocycles. The normalized spacial score (nSPS) is 19.7. The molecule has 1 saturated heterocycles. The summed E-state index contributed by atoms with van der Waals surface area (Å²) in [6.45, 7) is 0.580. The first-order valence-electron chi connectivity index (χ1n) is 6.47. The van der Waals surface area contributed by atoms with E-state index in [2.05, 4.69) is 5.16 Å². The number of hydrogen-bond acceptors (Lipinski definition) is 4. The Morgan fingerprint density at radius 3 is 3.00 bits per heavy atom. The van der Waals surface area contributed by atoms with Gasteiger partial charge in [-0.2, -0.15) is 0 Å². The Hall–Kier alpha value is -2.50. The molecule has 3 N–H and O–H groups in total. The van der Waals surface area contributed by atoms with Gasteiger partial charge in [0, 0.05) is 11.9 Å². The van der Waals surface area contributed by atoms with E-state index in [1.807, 2.05) is 24.3 Å². The summed E-state index contributed by atoms with van der Waals surface area (Å²) in [5.74, 6) is 0.117. The Morgan fingerprint density at radius 1 is 1.45 bits per heavy atom. The van der Waals surface area contributed by atoms with Gasteiger partial charge in [-0.15, -0.1) is 0 Å². The first kappa shape index (κ1) is 12.5. The molecule has 1 fully saturated rings. The number of para-hydroxylation sites is 1. The van der Waals surface area contributed by atoms with Crippen molar-refractivity contribution in [3.8, 4) is 0 Å². The van der Waals surface area contributed by atoms with Gasteiger partial charge in [-0.3, -0.25) is 4.79 Å². The minimum absolute atomic E-state index is 0.0620. The van der Waals surface area contributed by atoms with E-state index in [-0.39, 0.29) is 23.5 Å². The zero-order valence-electron chi connectivity index (χ0n) is 10.8. The number of furan rings is 1. The van der Waals surface area contributed by atoms with Gasteiger partial charge in [-0.25, -0.2) is 0 Å². The van der Waals surface area contributed by atoms with Crippen molar-refractivity contribution in [3.63, 3.8) is 0 Å². The third-order valence-corrected chi connectivity index (χ3v) is 3.61. The predicted molar refractivity (Wildman–Crippen MR) is 73.7 cm³/mol. The molecule has 1 amide bonds. The molecule has 3 rings (SSSR count). The fourth-order valence-corrected chi connectivity index (χ4v) is 2.61. The van der Waals surface area contributed by atoms with Gasteiger partial charge in [0.1, 0.15) is 5.58 Å². The van der Waals surface area contributed by atoms with Crippen LogP contribution in [0.5, 0.6) is 0 Å². The van der Waals surface area contributed by atoms with Crippen molar-refractivity contribution < 1.29 is 14.4 Å². The number of oxime groups is 1. The van der Waals surface area contributed by atoms with Crippen LogP contribution in [-0.2, 0) is 0 Å². The van der Waals surface area contributed by atoms with Crippen LogP contribution in [0, 0.1) is 0 Å². The second-order valence-corrected chi connectivity index (χ2v) is 4.83. The molecule has 20 heavy (non-hydrogen) atoms. The van der Waals surface area contributed by atoms with Crippen LogP contribution in [0.1, 0.15) is 23.4 Å². The zero-order valence-corrected chi connectivity index (χ0v) is 10.8. The number of fused-ring (bicyclic) bond motifs is 1. The molecular formula is C14H15N3O3. The molecule has 2 heterocycles. The molecule has 1 atom stereocenters. The molecule has 1 unspecified atom stereocenters. The lowest BCUT2D eigenvalue weighted by Gasteiger charge is -2.22. The van der Waals surface area contributed by atoms with E-state index in [4.69, 9.17) is 15.4 Å². The van der Waals surface area contributed by atoms with Crippen LogP contribution in [0.3, 0.4) is 0 Å². The van der Waals surface area contributed by atoms with Crippen LogP contribution < -0.4 is 5.73 Å². The number of nitrogens with two attached hydrogens (primary N) is 1. The molecule has 6 heteroatoms. The first-order valence-corrected chi connectivity index (χ1v) is 6.47. The second-order valence-electron chi connectivity index (χ2n) is 4.83. The summed E-state index contributed by atoms with van der Waals surface area (Å²) in [5.41, 5.74) is 6.31. The van der Waals surface area contributed by atoms with Crippen molar-refractivity contribution in [3.05, 3.63) is 36.1 Å². The summed E-state index contributed by atoms with van der Waals surface area (Å²) in [5, 5.41) is 12.7. The Morgan fingerprint density at radius 2 is 2.25 bits per heavy atom. The Balaban J connectivity index is 1.91. The number of carbonyl (C=O) groups excluding carboxylic acids is 1. The monoisotopic (exact) mass is 273 g/mol. The second kappa shape index (κ2) is 4.88. The number of benzene rings is 1. The maximum Gasteiger partial charge on any atom is 0.290 e. The van der Waals surface area contributed by atoms with Gasteiger partial charge in [0.05, 0.1) is 6.04 Å². The molecule has 104 valence electrons. The summed E-state index contributed by atoms with van der Waals surface area (Å²) < 4.78 is 5.57. The van der Waals surface area contributed by atoms with Crippen molar-refractivity contribution >= 4 is 22.7 Å². The smallest absolute Gasteiger partial charge is 0.290 e. The molecule has 0 aliphatic carbocycles. The SMILES string of the molecule is NC(=NO)C1CCCN1C(=O)c1cc2ccccc2o1. The molecule has 1 aromatic heterocycles. The van der Waals surface area contributed by atoms with Crippen molar-refractivity contribution in [1.82, 2.24) is 4.90 Å². The van der Waals surface area contributed by atoms with Gasteiger partial charge in [-0.1, -0.05) is 23.4 Å². The molecule has 1 aliphatic rings. The summed E-state index contributed by atoms with van der Waals surface area (Å²) in [6.07, 6.45) is 1.52. The van der Waals surface area contributed by atoms with Crippen LogP contribution in [0.25, 0.3) is 11.0 Å². The maximum atomic E-state index is 12.5. The average molecular weight is 273 g/mol. The van der Waals surface area contributed by atoms with Gasteiger partial charge in [0.2, 0.25) is 0 Å². The fraction of sp³-hybridized carbons (Fsp3) is 0.286. The lowest BCUT2D eigenvalue weighted by molar-refractivity contribution is 0.0738. The molecule has 0 bridgehead atoms. The van der Waals surface area contributed by atoms with Crippen LogP contribution in [0.2, 0.25) is 0 Å². The average Bonchev–Trinajstić information content (AvgIpc) is 3.11. The highest BCUT2D eigenvalue weighted by atomic mass is 16.4. The third kappa shape index (κ3) is 1.99. The quantitative estimate of drug-likeness (QED) is 0.377. The molecule has 6 nitrogen and oxygen atoms in total. The van der Waals surface area contributed by atoms with E-state index >= 15 is 0 Å². The number of hydrogen-bond donors (Lipinski definition) is 2. The molecular weight excluding hydrogens is 258 g/mol. The van der Waals surface area contributed by atoms with Crippen molar-refractivity contribution in [2.75, 3.05) is 6.54 Å². The van der Waals surface area contributed by atoms with Crippen LogP contribution >= 0.6 is 0 Å². The Labute approximate surface area is 115 Å². The van der Waals surface area contributed by atoms with Gasteiger partial charge in [0.25, 0.3) is 5.91 Å².